The van der Waals surface area contributed by atoms with E-state index in [0.717, 1.165) is 11.3 Å². The summed E-state index contributed by atoms with van der Waals surface area (Å²) in [5.74, 6) is 0. The average molecular weight is 301 g/mol. The number of nitrogens with one attached hydrogen (secondary N) is 2. The molecular formula is C12H19N3O4S. The highest BCUT2D eigenvalue weighted by molar-refractivity contribution is 7.71. The molecule has 0 heterocycles. The van der Waals surface area contributed by atoms with Crippen LogP contribution in [0, 0.1) is 6.92 Å². The van der Waals surface area contributed by atoms with Crippen molar-refractivity contribution >= 4 is 28.3 Å². The minimum atomic E-state index is -2.98. The quantitative estimate of drug-likeness (QED) is 0.476. The molecule has 112 valence electrons. The van der Waals surface area contributed by atoms with Crippen LogP contribution in [0.25, 0.3) is 0 Å². The third-order valence-electron chi connectivity index (χ3n) is 2.77. The summed E-state index contributed by atoms with van der Waals surface area (Å²) in [5.41, 5.74) is 2.09. The number of anilines is 2. The SMILES string of the molecule is CCN(c1ccc(NC(=O)N[SH](=O)=O)c(C)c1)C(C)O. The molecule has 2 amide bonds. The normalized spacial score (nSPS) is 12.1. The standard InChI is InChI=1S/C12H19N3O4S/c1-4-15(9(3)16)10-5-6-11(8(2)7-10)13-12(17)14-20(18)19/h5-7,9,16,20H,4H2,1-3H3,(H2,13,14,17,18,19). The number of urea groups is 1. The number of aryl methyl sites for hydroxylation is 1. The number of carbonyl (C=O) groups is 1. The zero-order valence-corrected chi connectivity index (χ0v) is 12.5. The maximum atomic E-state index is 11.3. The Morgan fingerprint density at radius 1 is 1.45 bits per heavy atom. The minimum Gasteiger partial charge on any atom is -0.374 e. The van der Waals surface area contributed by atoms with E-state index < -0.39 is 23.1 Å². The molecule has 7 nitrogen and oxygen atoms in total. The number of aliphatic hydroxyl groups excluding tert-OH is 1. The summed E-state index contributed by atoms with van der Waals surface area (Å²) in [6.45, 7) is 6.02. The van der Waals surface area contributed by atoms with Gasteiger partial charge in [-0.1, -0.05) is 0 Å². The van der Waals surface area contributed by atoms with Gasteiger partial charge >= 0.3 is 6.03 Å². The molecule has 1 aromatic rings. The van der Waals surface area contributed by atoms with Crippen LogP contribution in [0.15, 0.2) is 18.2 Å². The smallest absolute Gasteiger partial charge is 0.332 e. The molecule has 1 atom stereocenters. The van der Waals surface area contributed by atoms with Gasteiger partial charge in [-0.05, 0) is 44.5 Å². The summed E-state index contributed by atoms with van der Waals surface area (Å²) < 4.78 is 22.5. The molecule has 3 N–H and O–H groups in total. The Morgan fingerprint density at radius 2 is 2.10 bits per heavy atom. The number of hydrogen-bond acceptors (Lipinski definition) is 5. The molecule has 0 saturated heterocycles. The van der Waals surface area contributed by atoms with Crippen molar-refractivity contribution in [2.75, 3.05) is 16.8 Å². The van der Waals surface area contributed by atoms with Gasteiger partial charge in [-0.25, -0.2) is 17.9 Å². The second-order valence-electron chi connectivity index (χ2n) is 4.24. The second kappa shape index (κ2) is 7.11. The fourth-order valence-corrected chi connectivity index (χ4v) is 2.08. The summed E-state index contributed by atoms with van der Waals surface area (Å²) in [6.07, 6.45) is -0.619. The number of amides is 2. The predicted molar refractivity (Wildman–Crippen MR) is 78.3 cm³/mol. The van der Waals surface area contributed by atoms with Gasteiger partial charge in [-0.2, -0.15) is 0 Å². The third-order valence-corrected chi connectivity index (χ3v) is 3.16. The van der Waals surface area contributed by atoms with E-state index in [1.54, 1.807) is 35.6 Å². The van der Waals surface area contributed by atoms with Crippen molar-refractivity contribution in [3.63, 3.8) is 0 Å². The van der Waals surface area contributed by atoms with Gasteiger partial charge in [0.2, 0.25) is 10.9 Å². The van der Waals surface area contributed by atoms with Crippen molar-refractivity contribution in [2.45, 2.75) is 27.0 Å². The van der Waals surface area contributed by atoms with Gasteiger partial charge in [-0.15, -0.1) is 0 Å². The molecule has 8 heteroatoms. The van der Waals surface area contributed by atoms with Crippen LogP contribution in [0.2, 0.25) is 0 Å². The van der Waals surface area contributed by atoms with Crippen LogP contribution >= 0.6 is 0 Å². The van der Waals surface area contributed by atoms with Gasteiger partial charge in [0.15, 0.2) is 0 Å². The van der Waals surface area contributed by atoms with Crippen LogP contribution in [-0.4, -0.2) is 32.3 Å². The van der Waals surface area contributed by atoms with Gasteiger partial charge in [0.25, 0.3) is 0 Å². The molecule has 0 saturated carbocycles. The van der Waals surface area contributed by atoms with E-state index in [4.69, 9.17) is 0 Å². The molecule has 0 spiro atoms. The van der Waals surface area contributed by atoms with Crippen molar-refractivity contribution in [2.24, 2.45) is 0 Å². The maximum Gasteiger partial charge on any atom is 0.332 e. The largest absolute Gasteiger partial charge is 0.374 e. The third kappa shape index (κ3) is 4.39. The lowest BCUT2D eigenvalue weighted by Crippen LogP contribution is -2.32. The van der Waals surface area contributed by atoms with Crippen molar-refractivity contribution in [1.82, 2.24) is 4.72 Å². The highest BCUT2D eigenvalue weighted by Gasteiger charge is 2.11. The Kier molecular flexibility index (Phi) is 5.78. The Labute approximate surface area is 119 Å². The lowest BCUT2D eigenvalue weighted by molar-refractivity contribution is 0.190. The maximum absolute atomic E-state index is 11.3. The molecule has 0 fully saturated rings. The number of hydrogen-bond donors (Lipinski definition) is 4. The van der Waals surface area contributed by atoms with E-state index in [-0.39, 0.29) is 0 Å². The lowest BCUT2D eigenvalue weighted by atomic mass is 10.1. The van der Waals surface area contributed by atoms with E-state index in [1.807, 2.05) is 13.0 Å². The molecule has 0 bridgehead atoms. The number of rotatable bonds is 5. The van der Waals surface area contributed by atoms with Gasteiger partial charge in [-0.3, -0.25) is 0 Å². The molecule has 1 aromatic carbocycles. The first-order valence-corrected chi connectivity index (χ1v) is 7.30. The highest BCUT2D eigenvalue weighted by atomic mass is 32.2. The minimum absolute atomic E-state index is 0.504. The van der Waals surface area contributed by atoms with Crippen LogP contribution in [-0.2, 0) is 10.9 Å². The Bertz CT molecular complexity index is 550. The molecule has 20 heavy (non-hydrogen) atoms. The van der Waals surface area contributed by atoms with Crippen LogP contribution in [0.4, 0.5) is 16.2 Å². The molecule has 0 aliphatic carbocycles. The molecule has 0 radical (unpaired) electrons. The van der Waals surface area contributed by atoms with Crippen LogP contribution in [0.1, 0.15) is 19.4 Å². The molecule has 1 rings (SSSR count). The number of carbonyl (C=O) groups excluding carboxylic acids is 1. The van der Waals surface area contributed by atoms with Crippen LogP contribution in [0.3, 0.4) is 0 Å². The average Bonchev–Trinajstić information content (AvgIpc) is 2.32. The zero-order valence-electron chi connectivity index (χ0n) is 11.6. The van der Waals surface area contributed by atoms with Crippen molar-refractivity contribution in [3.8, 4) is 0 Å². The topological polar surface area (TPSA) is 98.7 Å². The summed E-state index contributed by atoms with van der Waals surface area (Å²) >= 11 is 0. The summed E-state index contributed by atoms with van der Waals surface area (Å²) in [5, 5.41) is 12.1. The Morgan fingerprint density at radius 3 is 2.55 bits per heavy atom. The van der Waals surface area contributed by atoms with Crippen molar-refractivity contribution in [1.29, 1.82) is 0 Å². The predicted octanol–water partition coefficient (Wildman–Crippen LogP) is 0.808. The molecule has 0 aliphatic rings. The van der Waals surface area contributed by atoms with E-state index >= 15 is 0 Å². The van der Waals surface area contributed by atoms with Crippen molar-refractivity contribution < 1.29 is 18.3 Å². The first kappa shape index (κ1) is 16.3. The van der Waals surface area contributed by atoms with E-state index in [9.17, 15) is 18.3 Å². The van der Waals surface area contributed by atoms with Gasteiger partial charge in [0.05, 0.1) is 0 Å². The fourth-order valence-electron chi connectivity index (χ4n) is 1.86. The van der Waals surface area contributed by atoms with Gasteiger partial charge in [0, 0.05) is 17.9 Å². The van der Waals surface area contributed by atoms with E-state index in [0.29, 0.717) is 12.2 Å². The summed E-state index contributed by atoms with van der Waals surface area (Å²) in [4.78, 5) is 13.1. The van der Waals surface area contributed by atoms with Crippen LogP contribution < -0.4 is 14.9 Å². The van der Waals surface area contributed by atoms with Crippen LogP contribution in [0.5, 0.6) is 0 Å². The van der Waals surface area contributed by atoms with Crippen molar-refractivity contribution in [3.05, 3.63) is 23.8 Å². The number of aliphatic hydroxyl groups is 1. The van der Waals surface area contributed by atoms with Gasteiger partial charge < -0.3 is 15.3 Å². The Hall–Kier alpha value is -1.80. The number of nitrogens with zero attached hydrogens (tertiary/aromatic N) is 1. The molecule has 0 aliphatic heterocycles. The summed E-state index contributed by atoms with van der Waals surface area (Å²) in [7, 11) is -2.98. The fraction of sp³-hybridized carbons (Fsp3) is 0.417. The second-order valence-corrected chi connectivity index (χ2v) is 4.98. The lowest BCUT2D eigenvalue weighted by Gasteiger charge is -2.27. The first-order valence-electron chi connectivity index (χ1n) is 6.12. The number of benzene rings is 1. The highest BCUT2D eigenvalue weighted by Crippen LogP contribution is 2.23. The zero-order chi connectivity index (χ0) is 15.3. The van der Waals surface area contributed by atoms with E-state index in [2.05, 4.69) is 5.32 Å². The molecule has 1 unspecified atom stereocenters. The summed E-state index contributed by atoms with van der Waals surface area (Å²) in [6, 6.07) is 4.41. The van der Waals surface area contributed by atoms with Gasteiger partial charge in [0.1, 0.15) is 6.23 Å². The Balaban J connectivity index is 2.90. The molecular weight excluding hydrogens is 282 g/mol. The monoisotopic (exact) mass is 301 g/mol. The number of thiol groups is 1. The molecule has 0 aromatic heterocycles. The first-order chi connectivity index (χ1) is 9.35. The van der Waals surface area contributed by atoms with E-state index in [1.165, 1.54) is 0 Å².